The summed E-state index contributed by atoms with van der Waals surface area (Å²) in [4.78, 5) is 0. The van der Waals surface area contributed by atoms with Crippen LogP contribution < -0.4 is 10.7 Å². The minimum absolute atomic E-state index is 0.507. The Morgan fingerprint density at radius 2 is 2.43 bits per heavy atom. The van der Waals surface area contributed by atoms with Crippen LogP contribution in [-0.2, 0) is 0 Å². The van der Waals surface area contributed by atoms with Crippen LogP contribution in [0.1, 0.15) is 18.4 Å². The predicted octanol–water partition coefficient (Wildman–Crippen LogP) is 1.41. The monoisotopic (exact) mass is 211 g/mol. The van der Waals surface area contributed by atoms with Crippen LogP contribution >= 0.6 is 12.2 Å². The van der Waals surface area contributed by atoms with Gasteiger partial charge in [0.1, 0.15) is 11.5 Å². The van der Waals surface area contributed by atoms with E-state index in [1.807, 2.05) is 26.0 Å². The lowest BCUT2D eigenvalue weighted by Gasteiger charge is -2.01. The molecule has 4 nitrogen and oxygen atoms in total. The summed E-state index contributed by atoms with van der Waals surface area (Å²) >= 11 is 4.91. The van der Waals surface area contributed by atoms with Crippen molar-refractivity contribution in [1.29, 1.82) is 0 Å². The Hall–Kier alpha value is -1.36. The summed E-state index contributed by atoms with van der Waals surface area (Å²) in [5.74, 6) is 1.56. The lowest BCUT2D eigenvalue weighted by atomic mass is 10.4. The SMILES string of the molecule is CCNC(=S)NN=Cc1ccc(C)o1. The second kappa shape index (κ2) is 5.39. The molecule has 0 atom stereocenters. The Kier molecular flexibility index (Phi) is 4.12. The molecule has 76 valence electrons. The van der Waals surface area contributed by atoms with Crippen LogP contribution in [0, 0.1) is 6.92 Å². The van der Waals surface area contributed by atoms with E-state index in [2.05, 4.69) is 15.8 Å². The van der Waals surface area contributed by atoms with E-state index in [0.717, 1.165) is 12.3 Å². The van der Waals surface area contributed by atoms with Gasteiger partial charge in [-0.2, -0.15) is 5.10 Å². The smallest absolute Gasteiger partial charge is 0.186 e. The van der Waals surface area contributed by atoms with Crippen LogP contribution in [0.3, 0.4) is 0 Å². The highest BCUT2D eigenvalue weighted by molar-refractivity contribution is 7.80. The quantitative estimate of drug-likeness (QED) is 0.451. The van der Waals surface area contributed by atoms with Crippen molar-refractivity contribution < 1.29 is 4.42 Å². The van der Waals surface area contributed by atoms with Crippen LogP contribution in [0.25, 0.3) is 0 Å². The summed E-state index contributed by atoms with van der Waals surface area (Å²) in [5.41, 5.74) is 2.67. The van der Waals surface area contributed by atoms with Crippen molar-refractivity contribution in [3.8, 4) is 0 Å². The largest absolute Gasteiger partial charge is 0.460 e. The van der Waals surface area contributed by atoms with Crippen molar-refractivity contribution in [1.82, 2.24) is 10.7 Å². The van der Waals surface area contributed by atoms with Crippen molar-refractivity contribution in [3.05, 3.63) is 23.7 Å². The van der Waals surface area contributed by atoms with Gasteiger partial charge < -0.3 is 9.73 Å². The molecule has 0 saturated carbocycles. The summed E-state index contributed by atoms with van der Waals surface area (Å²) in [5, 5.41) is 7.32. The fourth-order valence-electron chi connectivity index (χ4n) is 0.877. The molecule has 0 aromatic carbocycles. The highest BCUT2D eigenvalue weighted by atomic mass is 32.1. The molecule has 0 amide bonds. The molecular weight excluding hydrogens is 198 g/mol. The molecule has 1 aromatic rings. The summed E-state index contributed by atoms with van der Waals surface area (Å²) in [6.07, 6.45) is 1.58. The Bertz CT molecular complexity index is 333. The number of aryl methyl sites for hydroxylation is 1. The van der Waals surface area contributed by atoms with Gasteiger partial charge in [0.05, 0.1) is 6.21 Å². The first-order chi connectivity index (χ1) is 6.72. The number of hydrazone groups is 1. The summed E-state index contributed by atoms with van der Waals surface area (Å²) in [6.45, 7) is 4.63. The molecule has 0 aliphatic carbocycles. The molecule has 0 saturated heterocycles. The fourth-order valence-corrected chi connectivity index (χ4v) is 1.07. The molecule has 1 heterocycles. The van der Waals surface area contributed by atoms with Gasteiger partial charge in [-0.05, 0) is 38.2 Å². The van der Waals surface area contributed by atoms with Gasteiger partial charge in [-0.15, -0.1) is 0 Å². The van der Waals surface area contributed by atoms with E-state index in [9.17, 15) is 0 Å². The Labute approximate surface area is 88.4 Å². The third-order valence-corrected chi connectivity index (χ3v) is 1.69. The minimum atomic E-state index is 0.507. The molecule has 1 aromatic heterocycles. The summed E-state index contributed by atoms with van der Waals surface area (Å²) < 4.78 is 5.27. The molecule has 1 rings (SSSR count). The highest BCUT2D eigenvalue weighted by Crippen LogP contribution is 2.02. The highest BCUT2D eigenvalue weighted by Gasteiger charge is 1.93. The lowest BCUT2D eigenvalue weighted by molar-refractivity contribution is 0.527. The van der Waals surface area contributed by atoms with Crippen molar-refractivity contribution in [2.75, 3.05) is 6.54 Å². The molecule has 0 unspecified atom stereocenters. The first-order valence-corrected chi connectivity index (χ1v) is 4.76. The van der Waals surface area contributed by atoms with E-state index >= 15 is 0 Å². The second-order valence-corrected chi connectivity index (χ2v) is 3.09. The van der Waals surface area contributed by atoms with Crippen LogP contribution in [0.4, 0.5) is 0 Å². The van der Waals surface area contributed by atoms with Crippen LogP contribution in [0.15, 0.2) is 21.7 Å². The van der Waals surface area contributed by atoms with Crippen LogP contribution in [0.2, 0.25) is 0 Å². The second-order valence-electron chi connectivity index (χ2n) is 2.68. The maximum absolute atomic E-state index is 5.27. The van der Waals surface area contributed by atoms with E-state index in [-0.39, 0.29) is 0 Å². The van der Waals surface area contributed by atoms with Crippen LogP contribution in [0.5, 0.6) is 0 Å². The van der Waals surface area contributed by atoms with Gasteiger partial charge in [0.15, 0.2) is 5.11 Å². The molecule has 0 spiro atoms. The van der Waals surface area contributed by atoms with Gasteiger partial charge in [0, 0.05) is 6.54 Å². The maximum Gasteiger partial charge on any atom is 0.186 e. The summed E-state index contributed by atoms with van der Waals surface area (Å²) in [7, 11) is 0. The number of nitrogens with one attached hydrogen (secondary N) is 2. The van der Waals surface area contributed by atoms with E-state index in [1.165, 1.54) is 0 Å². The zero-order chi connectivity index (χ0) is 10.4. The molecule has 0 radical (unpaired) electrons. The zero-order valence-corrected chi connectivity index (χ0v) is 9.02. The average Bonchev–Trinajstić information content (AvgIpc) is 2.52. The Morgan fingerprint density at radius 1 is 1.64 bits per heavy atom. The third kappa shape index (κ3) is 3.57. The molecule has 0 bridgehead atoms. The lowest BCUT2D eigenvalue weighted by Crippen LogP contribution is -2.31. The van der Waals surface area contributed by atoms with E-state index in [4.69, 9.17) is 16.6 Å². The summed E-state index contributed by atoms with van der Waals surface area (Å²) in [6, 6.07) is 3.72. The molecule has 0 fully saturated rings. The fraction of sp³-hybridized carbons (Fsp3) is 0.333. The number of furan rings is 1. The first-order valence-electron chi connectivity index (χ1n) is 4.35. The molecule has 14 heavy (non-hydrogen) atoms. The predicted molar refractivity (Wildman–Crippen MR) is 60.4 cm³/mol. The van der Waals surface area contributed by atoms with Gasteiger partial charge in [-0.3, -0.25) is 5.43 Å². The van der Waals surface area contributed by atoms with Gasteiger partial charge in [-0.25, -0.2) is 0 Å². The number of hydrogen-bond acceptors (Lipinski definition) is 3. The first kappa shape index (κ1) is 10.7. The van der Waals surface area contributed by atoms with Gasteiger partial charge >= 0.3 is 0 Å². The number of nitrogens with zero attached hydrogens (tertiary/aromatic N) is 1. The van der Waals surface area contributed by atoms with E-state index in [1.54, 1.807) is 6.21 Å². The molecule has 0 aliphatic heterocycles. The zero-order valence-electron chi connectivity index (χ0n) is 8.20. The van der Waals surface area contributed by atoms with Gasteiger partial charge in [-0.1, -0.05) is 0 Å². The Balaban J connectivity index is 2.37. The van der Waals surface area contributed by atoms with Crippen LogP contribution in [-0.4, -0.2) is 17.9 Å². The number of hydrogen-bond donors (Lipinski definition) is 2. The van der Waals surface area contributed by atoms with Gasteiger partial charge in [0.2, 0.25) is 0 Å². The third-order valence-electron chi connectivity index (χ3n) is 1.46. The molecule has 5 heteroatoms. The van der Waals surface area contributed by atoms with Crippen molar-refractivity contribution in [2.45, 2.75) is 13.8 Å². The molecule has 0 aliphatic rings. The van der Waals surface area contributed by atoms with E-state index < -0.39 is 0 Å². The minimum Gasteiger partial charge on any atom is -0.460 e. The maximum atomic E-state index is 5.27. The average molecular weight is 211 g/mol. The van der Waals surface area contributed by atoms with E-state index in [0.29, 0.717) is 10.9 Å². The van der Waals surface area contributed by atoms with Crippen molar-refractivity contribution >= 4 is 23.5 Å². The topological polar surface area (TPSA) is 49.6 Å². The van der Waals surface area contributed by atoms with Crippen molar-refractivity contribution in [3.63, 3.8) is 0 Å². The normalized spacial score (nSPS) is 10.4. The van der Waals surface area contributed by atoms with Crippen molar-refractivity contribution in [2.24, 2.45) is 5.10 Å². The number of thiocarbonyl (C=S) groups is 1. The Morgan fingerprint density at radius 3 is 3.00 bits per heavy atom. The number of rotatable bonds is 3. The molecular formula is C9H13N3OS. The molecule has 2 N–H and O–H groups in total. The van der Waals surface area contributed by atoms with Gasteiger partial charge in [0.25, 0.3) is 0 Å². The standard InChI is InChI=1S/C9H13N3OS/c1-3-10-9(14)12-11-6-8-5-4-7(2)13-8/h4-6H,3H2,1-2H3,(H2,10,12,14).